The van der Waals surface area contributed by atoms with Crippen molar-refractivity contribution in [2.24, 2.45) is 0 Å². The number of imidazole rings is 1. The van der Waals surface area contributed by atoms with Crippen LogP contribution in [0.25, 0.3) is 11.0 Å². The summed E-state index contributed by atoms with van der Waals surface area (Å²) in [5, 5.41) is 5.99. The van der Waals surface area contributed by atoms with Gasteiger partial charge in [-0.05, 0) is 56.5 Å². The molecule has 0 saturated heterocycles. The van der Waals surface area contributed by atoms with Crippen LogP contribution < -0.4 is 10.6 Å². The number of anilines is 1. The number of fused-ring (bicyclic) bond motifs is 1. The summed E-state index contributed by atoms with van der Waals surface area (Å²) < 4.78 is 1.88. The quantitative estimate of drug-likeness (QED) is 0.630. The Morgan fingerprint density at radius 3 is 2.59 bits per heavy atom. The third-order valence-electron chi connectivity index (χ3n) is 5.11. The molecule has 0 fully saturated rings. The van der Waals surface area contributed by atoms with Crippen LogP contribution in [0.15, 0.2) is 42.5 Å². The van der Waals surface area contributed by atoms with Gasteiger partial charge in [-0.2, -0.15) is 0 Å². The van der Waals surface area contributed by atoms with Gasteiger partial charge in [-0.15, -0.1) is 0 Å². The number of aromatic nitrogens is 2. The summed E-state index contributed by atoms with van der Waals surface area (Å²) in [6.45, 7) is 8.00. The number of para-hydroxylation sites is 2. The summed E-state index contributed by atoms with van der Waals surface area (Å²) in [5.41, 5.74) is 4.67. The smallest absolute Gasteiger partial charge is 0.244 e. The Labute approximate surface area is 171 Å². The molecule has 0 radical (unpaired) electrons. The predicted molar refractivity (Wildman–Crippen MR) is 116 cm³/mol. The summed E-state index contributed by atoms with van der Waals surface area (Å²) in [4.78, 5) is 29.6. The maximum atomic E-state index is 12.8. The molecule has 1 unspecified atom stereocenters. The van der Waals surface area contributed by atoms with E-state index in [1.165, 1.54) is 0 Å². The number of rotatable bonds is 7. The van der Waals surface area contributed by atoms with E-state index in [2.05, 4.69) is 15.6 Å². The van der Waals surface area contributed by atoms with Crippen LogP contribution in [0.1, 0.15) is 49.7 Å². The van der Waals surface area contributed by atoms with Crippen LogP contribution in [0.2, 0.25) is 0 Å². The summed E-state index contributed by atoms with van der Waals surface area (Å²) in [7, 11) is 0. The molecule has 2 amide bonds. The second-order valence-corrected chi connectivity index (χ2v) is 7.38. The number of nitrogens with zero attached hydrogens (tertiary/aromatic N) is 2. The molecule has 3 rings (SSSR count). The average Bonchev–Trinajstić information content (AvgIpc) is 3.04. The molecule has 1 heterocycles. The van der Waals surface area contributed by atoms with Gasteiger partial charge in [0, 0.05) is 12.1 Å². The van der Waals surface area contributed by atoms with Crippen LogP contribution in [0, 0.1) is 13.8 Å². The van der Waals surface area contributed by atoms with Crippen LogP contribution in [0.5, 0.6) is 0 Å². The van der Waals surface area contributed by atoms with E-state index in [9.17, 15) is 9.59 Å². The minimum atomic E-state index is -0.296. The SMILES string of the molecule is CCCC(=O)NC(C)c1nc2ccccc2n1CC(=O)Nc1cccc(C)c1C. The molecular formula is C23H28N4O2. The molecule has 0 aliphatic heterocycles. The highest BCUT2D eigenvalue weighted by Gasteiger charge is 2.20. The molecule has 0 aliphatic carbocycles. The van der Waals surface area contributed by atoms with Gasteiger partial charge in [-0.25, -0.2) is 4.98 Å². The zero-order valence-corrected chi connectivity index (χ0v) is 17.5. The Morgan fingerprint density at radius 2 is 1.83 bits per heavy atom. The number of benzene rings is 2. The molecule has 2 aromatic carbocycles. The van der Waals surface area contributed by atoms with Crippen LogP contribution in [0.3, 0.4) is 0 Å². The van der Waals surface area contributed by atoms with Gasteiger partial charge in [0.05, 0.1) is 17.1 Å². The third kappa shape index (κ3) is 4.65. The van der Waals surface area contributed by atoms with E-state index < -0.39 is 0 Å². The van der Waals surface area contributed by atoms with E-state index in [0.717, 1.165) is 34.3 Å². The summed E-state index contributed by atoms with van der Waals surface area (Å²) in [5.74, 6) is 0.528. The summed E-state index contributed by atoms with van der Waals surface area (Å²) >= 11 is 0. The second-order valence-electron chi connectivity index (χ2n) is 7.38. The number of hydrogen-bond donors (Lipinski definition) is 2. The van der Waals surface area contributed by atoms with Gasteiger partial charge in [0.25, 0.3) is 0 Å². The molecule has 0 aliphatic rings. The highest BCUT2D eigenvalue weighted by atomic mass is 16.2. The molecule has 6 nitrogen and oxygen atoms in total. The highest BCUT2D eigenvalue weighted by molar-refractivity contribution is 5.92. The lowest BCUT2D eigenvalue weighted by molar-refractivity contribution is -0.121. The van der Waals surface area contributed by atoms with Gasteiger partial charge in [-0.1, -0.05) is 31.2 Å². The first-order valence-corrected chi connectivity index (χ1v) is 10.0. The molecule has 0 bridgehead atoms. The highest BCUT2D eigenvalue weighted by Crippen LogP contribution is 2.22. The number of amides is 2. The molecule has 1 atom stereocenters. The number of nitrogens with one attached hydrogen (secondary N) is 2. The van der Waals surface area contributed by atoms with E-state index in [4.69, 9.17) is 0 Å². The molecule has 29 heavy (non-hydrogen) atoms. The summed E-state index contributed by atoms with van der Waals surface area (Å²) in [6, 6.07) is 13.3. The number of aryl methyl sites for hydroxylation is 1. The first-order valence-electron chi connectivity index (χ1n) is 10.0. The van der Waals surface area contributed by atoms with Gasteiger partial charge < -0.3 is 15.2 Å². The van der Waals surface area contributed by atoms with Crippen molar-refractivity contribution in [3.05, 3.63) is 59.4 Å². The van der Waals surface area contributed by atoms with Crippen molar-refractivity contribution in [2.45, 2.75) is 53.1 Å². The van der Waals surface area contributed by atoms with E-state index in [-0.39, 0.29) is 24.4 Å². The van der Waals surface area contributed by atoms with E-state index in [0.29, 0.717) is 12.2 Å². The molecule has 152 valence electrons. The fourth-order valence-corrected chi connectivity index (χ4v) is 3.42. The first-order chi connectivity index (χ1) is 13.9. The maximum absolute atomic E-state index is 12.8. The molecule has 1 aromatic heterocycles. The van der Waals surface area contributed by atoms with E-state index in [1.54, 1.807) is 0 Å². The van der Waals surface area contributed by atoms with Gasteiger partial charge >= 0.3 is 0 Å². The zero-order chi connectivity index (χ0) is 21.0. The Morgan fingerprint density at radius 1 is 1.07 bits per heavy atom. The molecule has 3 aromatic rings. The van der Waals surface area contributed by atoms with Crippen molar-refractivity contribution in [2.75, 3.05) is 5.32 Å². The van der Waals surface area contributed by atoms with Crippen molar-refractivity contribution >= 4 is 28.5 Å². The average molecular weight is 393 g/mol. The van der Waals surface area contributed by atoms with Crippen LogP contribution in [-0.4, -0.2) is 21.4 Å². The van der Waals surface area contributed by atoms with Gasteiger partial charge in [0.15, 0.2) is 0 Å². The minimum Gasteiger partial charge on any atom is -0.346 e. The van der Waals surface area contributed by atoms with Crippen molar-refractivity contribution in [3.8, 4) is 0 Å². The lowest BCUT2D eigenvalue weighted by Gasteiger charge is -2.17. The van der Waals surface area contributed by atoms with Gasteiger partial charge in [0.1, 0.15) is 12.4 Å². The van der Waals surface area contributed by atoms with Crippen molar-refractivity contribution in [1.82, 2.24) is 14.9 Å². The molecular weight excluding hydrogens is 364 g/mol. The standard InChI is InChI=1S/C23H28N4O2/c1-5-9-21(28)24-17(4)23-26-19-11-6-7-13-20(19)27(23)14-22(29)25-18-12-8-10-15(2)16(18)3/h6-8,10-13,17H,5,9,14H2,1-4H3,(H,24,28)(H,25,29). The Hall–Kier alpha value is -3.15. The topological polar surface area (TPSA) is 76.0 Å². The second kappa shape index (κ2) is 8.90. The fraction of sp³-hybridized carbons (Fsp3) is 0.348. The van der Waals surface area contributed by atoms with Crippen molar-refractivity contribution < 1.29 is 9.59 Å². The Balaban J connectivity index is 1.88. The molecule has 0 spiro atoms. The minimum absolute atomic E-state index is 0.0153. The monoisotopic (exact) mass is 392 g/mol. The van der Waals surface area contributed by atoms with Crippen LogP contribution in [0.4, 0.5) is 5.69 Å². The molecule has 2 N–H and O–H groups in total. The van der Waals surface area contributed by atoms with E-state index in [1.807, 2.05) is 74.7 Å². The lowest BCUT2D eigenvalue weighted by Crippen LogP contribution is -2.29. The maximum Gasteiger partial charge on any atom is 0.244 e. The van der Waals surface area contributed by atoms with E-state index >= 15 is 0 Å². The summed E-state index contributed by atoms with van der Waals surface area (Å²) in [6.07, 6.45) is 1.25. The number of hydrogen-bond acceptors (Lipinski definition) is 3. The number of carbonyl (C=O) groups is 2. The van der Waals surface area contributed by atoms with Crippen LogP contribution >= 0.6 is 0 Å². The van der Waals surface area contributed by atoms with Crippen molar-refractivity contribution in [3.63, 3.8) is 0 Å². The zero-order valence-electron chi connectivity index (χ0n) is 17.5. The third-order valence-corrected chi connectivity index (χ3v) is 5.11. The normalized spacial score (nSPS) is 12.0. The molecule has 0 saturated carbocycles. The molecule has 6 heteroatoms. The lowest BCUT2D eigenvalue weighted by atomic mass is 10.1. The van der Waals surface area contributed by atoms with Gasteiger partial charge in [-0.3, -0.25) is 9.59 Å². The Bertz CT molecular complexity index is 1040. The number of carbonyl (C=O) groups excluding carboxylic acids is 2. The first kappa shape index (κ1) is 20.6. The van der Waals surface area contributed by atoms with Crippen molar-refractivity contribution in [1.29, 1.82) is 0 Å². The largest absolute Gasteiger partial charge is 0.346 e. The fourth-order valence-electron chi connectivity index (χ4n) is 3.42. The predicted octanol–water partition coefficient (Wildman–Crippen LogP) is 4.27. The van der Waals surface area contributed by atoms with Gasteiger partial charge in [0.2, 0.25) is 11.8 Å². The van der Waals surface area contributed by atoms with Crippen LogP contribution in [-0.2, 0) is 16.1 Å². The Kier molecular flexibility index (Phi) is 6.32.